The molecular formula is C28H34O7. The van der Waals surface area contributed by atoms with E-state index in [0.29, 0.717) is 31.0 Å². The first-order chi connectivity index (χ1) is 16.8. The summed E-state index contributed by atoms with van der Waals surface area (Å²) in [4.78, 5) is 36.6. The van der Waals surface area contributed by atoms with Gasteiger partial charge in [0.25, 0.3) is 0 Å². The highest BCUT2D eigenvalue weighted by Gasteiger charge is 2.22. The topological polar surface area (TPSA) is 103 Å². The number of rotatable bonds is 13. The predicted molar refractivity (Wildman–Crippen MR) is 135 cm³/mol. The maximum Gasteiger partial charge on any atom is 0.351 e. The number of ketones is 1. The van der Waals surface area contributed by atoms with Crippen molar-refractivity contribution in [3.8, 4) is 11.5 Å². The Morgan fingerprint density at radius 1 is 1.20 bits per heavy atom. The van der Waals surface area contributed by atoms with Crippen LogP contribution in [-0.4, -0.2) is 30.6 Å². The van der Waals surface area contributed by atoms with Crippen LogP contribution in [0.25, 0.3) is 6.08 Å². The lowest BCUT2D eigenvalue weighted by Gasteiger charge is -2.11. The minimum Gasteiger partial charge on any atom is -0.507 e. The fourth-order valence-electron chi connectivity index (χ4n) is 3.36. The SMILES string of the molecule is CCCCOc1cccc(C=C(C)C(=O)c2c(O)cc(C(C)CC/C=C/CC(=O)OC)oc2=O)c1. The number of ether oxygens (including phenoxy) is 2. The van der Waals surface area contributed by atoms with Crippen molar-refractivity contribution in [2.24, 2.45) is 0 Å². The lowest BCUT2D eigenvalue weighted by molar-refractivity contribution is -0.139. The molecular weight excluding hydrogens is 448 g/mol. The van der Waals surface area contributed by atoms with Crippen molar-refractivity contribution in [2.75, 3.05) is 13.7 Å². The molecule has 1 unspecified atom stereocenters. The van der Waals surface area contributed by atoms with Gasteiger partial charge in [-0.15, -0.1) is 0 Å². The van der Waals surface area contributed by atoms with Gasteiger partial charge in [0, 0.05) is 12.0 Å². The van der Waals surface area contributed by atoms with E-state index in [-0.39, 0.29) is 29.4 Å². The van der Waals surface area contributed by atoms with E-state index in [4.69, 9.17) is 9.15 Å². The van der Waals surface area contributed by atoms with Gasteiger partial charge in [0.2, 0.25) is 0 Å². The molecule has 7 heteroatoms. The maximum atomic E-state index is 12.9. The number of hydrogen-bond donors (Lipinski definition) is 1. The lowest BCUT2D eigenvalue weighted by Crippen LogP contribution is -2.16. The Hall–Kier alpha value is -3.61. The van der Waals surface area contributed by atoms with Crippen molar-refractivity contribution in [1.29, 1.82) is 0 Å². The monoisotopic (exact) mass is 482 g/mol. The molecule has 1 heterocycles. The molecule has 0 saturated carbocycles. The summed E-state index contributed by atoms with van der Waals surface area (Å²) >= 11 is 0. The van der Waals surface area contributed by atoms with Crippen LogP contribution in [0.15, 0.2) is 57.3 Å². The number of methoxy groups -OCH3 is 1. The van der Waals surface area contributed by atoms with Crippen LogP contribution in [0.4, 0.5) is 0 Å². The van der Waals surface area contributed by atoms with Gasteiger partial charge in [-0.3, -0.25) is 9.59 Å². The maximum absolute atomic E-state index is 12.9. The van der Waals surface area contributed by atoms with E-state index in [1.807, 2.05) is 37.3 Å². The van der Waals surface area contributed by atoms with E-state index in [2.05, 4.69) is 11.7 Å². The molecule has 0 bridgehead atoms. The molecule has 1 atom stereocenters. The molecule has 2 aromatic rings. The van der Waals surface area contributed by atoms with E-state index >= 15 is 0 Å². The van der Waals surface area contributed by atoms with E-state index in [1.54, 1.807) is 19.1 Å². The van der Waals surface area contributed by atoms with Gasteiger partial charge in [0.15, 0.2) is 5.78 Å². The van der Waals surface area contributed by atoms with Gasteiger partial charge in [0.05, 0.1) is 20.1 Å². The van der Waals surface area contributed by atoms with Gasteiger partial charge in [0.1, 0.15) is 22.8 Å². The predicted octanol–water partition coefficient (Wildman–Crippen LogP) is 5.81. The quantitative estimate of drug-likeness (QED) is 0.126. The minimum atomic E-state index is -0.873. The standard InChI is InChI=1S/C28H34O7/c1-5-6-15-34-22-13-10-12-21(17-22)16-20(3)27(31)26-23(29)18-24(35-28(26)32)19(2)11-8-7-9-14-25(30)33-4/h7,9-10,12-13,16-19,29H,5-6,8,11,14-15H2,1-4H3/b9-7+,20-16?. The molecule has 0 aliphatic heterocycles. The highest BCUT2D eigenvalue weighted by molar-refractivity contribution is 6.12. The average molecular weight is 483 g/mol. The molecule has 1 aromatic heterocycles. The van der Waals surface area contributed by atoms with Crippen molar-refractivity contribution in [1.82, 2.24) is 0 Å². The molecule has 1 aromatic carbocycles. The van der Waals surface area contributed by atoms with Crippen LogP contribution in [0.5, 0.6) is 11.5 Å². The highest BCUT2D eigenvalue weighted by atomic mass is 16.5. The van der Waals surface area contributed by atoms with Crippen molar-refractivity contribution in [3.05, 3.63) is 75.4 Å². The van der Waals surface area contributed by atoms with Gasteiger partial charge < -0.3 is 19.0 Å². The van der Waals surface area contributed by atoms with Crippen LogP contribution in [0, 0.1) is 0 Å². The molecule has 0 fully saturated rings. The summed E-state index contributed by atoms with van der Waals surface area (Å²) in [5.74, 6) is -0.495. The summed E-state index contributed by atoms with van der Waals surface area (Å²) in [6.07, 6.45) is 8.66. The first kappa shape index (κ1) is 27.6. The van der Waals surface area contributed by atoms with Gasteiger partial charge in [-0.2, -0.15) is 0 Å². The largest absolute Gasteiger partial charge is 0.507 e. The smallest absolute Gasteiger partial charge is 0.351 e. The third-order valence-corrected chi connectivity index (χ3v) is 5.47. The molecule has 2 rings (SSSR count). The number of hydrogen-bond acceptors (Lipinski definition) is 7. The molecule has 188 valence electrons. The highest BCUT2D eigenvalue weighted by Crippen LogP contribution is 2.26. The average Bonchev–Trinajstić information content (AvgIpc) is 2.83. The van der Waals surface area contributed by atoms with Crippen molar-refractivity contribution < 1.29 is 28.6 Å². The Labute approximate surface area is 206 Å². The van der Waals surface area contributed by atoms with Crippen LogP contribution in [0.1, 0.15) is 80.5 Å². The Morgan fingerprint density at radius 2 is 1.97 bits per heavy atom. The number of esters is 1. The first-order valence-electron chi connectivity index (χ1n) is 11.8. The third-order valence-electron chi connectivity index (χ3n) is 5.47. The molecule has 0 amide bonds. The number of carbonyl (C=O) groups is 2. The molecule has 0 saturated heterocycles. The van der Waals surface area contributed by atoms with Crippen molar-refractivity contribution in [3.63, 3.8) is 0 Å². The molecule has 0 radical (unpaired) electrons. The zero-order valence-corrected chi connectivity index (χ0v) is 20.8. The number of Topliss-reactive ketones (excluding diaryl/α,β-unsaturated/α-hetero) is 1. The summed E-state index contributed by atoms with van der Waals surface area (Å²) < 4.78 is 15.7. The molecule has 7 nitrogen and oxygen atoms in total. The molecule has 0 spiro atoms. The van der Waals surface area contributed by atoms with Crippen LogP contribution >= 0.6 is 0 Å². The van der Waals surface area contributed by atoms with E-state index < -0.39 is 17.2 Å². The number of allylic oxidation sites excluding steroid dienone is 2. The Kier molecular flexibility index (Phi) is 11.0. The van der Waals surface area contributed by atoms with Crippen molar-refractivity contribution >= 4 is 17.8 Å². The molecule has 0 aliphatic carbocycles. The second-order valence-corrected chi connectivity index (χ2v) is 8.36. The number of benzene rings is 1. The zero-order chi connectivity index (χ0) is 25.8. The van der Waals surface area contributed by atoms with Crippen LogP contribution in [0.2, 0.25) is 0 Å². The van der Waals surface area contributed by atoms with E-state index in [0.717, 1.165) is 18.4 Å². The van der Waals surface area contributed by atoms with Crippen LogP contribution in [-0.2, 0) is 9.53 Å². The number of aromatic hydroxyl groups is 1. The Bertz CT molecular complexity index is 1120. The first-order valence-corrected chi connectivity index (χ1v) is 11.8. The van der Waals surface area contributed by atoms with Crippen molar-refractivity contribution in [2.45, 2.75) is 58.8 Å². The van der Waals surface area contributed by atoms with Gasteiger partial charge in [-0.1, -0.05) is 44.6 Å². The second-order valence-electron chi connectivity index (χ2n) is 8.36. The summed E-state index contributed by atoms with van der Waals surface area (Å²) in [6, 6.07) is 8.65. The zero-order valence-electron chi connectivity index (χ0n) is 20.8. The number of unbranched alkanes of at least 4 members (excludes halogenated alkanes) is 1. The number of carbonyl (C=O) groups excluding carboxylic acids is 2. The normalized spacial score (nSPS) is 12.5. The van der Waals surface area contributed by atoms with E-state index in [9.17, 15) is 19.5 Å². The Morgan fingerprint density at radius 3 is 2.66 bits per heavy atom. The Balaban J connectivity index is 2.11. The van der Waals surface area contributed by atoms with Crippen LogP contribution < -0.4 is 10.4 Å². The van der Waals surface area contributed by atoms with Gasteiger partial charge >= 0.3 is 11.6 Å². The van der Waals surface area contributed by atoms with Crippen LogP contribution in [0.3, 0.4) is 0 Å². The molecule has 1 N–H and O–H groups in total. The summed E-state index contributed by atoms with van der Waals surface area (Å²) in [7, 11) is 1.33. The fourth-order valence-corrected chi connectivity index (χ4v) is 3.36. The summed E-state index contributed by atoms with van der Waals surface area (Å²) in [6.45, 7) is 6.14. The van der Waals surface area contributed by atoms with Gasteiger partial charge in [-0.25, -0.2) is 4.79 Å². The lowest BCUT2D eigenvalue weighted by atomic mass is 9.99. The fraction of sp³-hybridized carbons (Fsp3) is 0.393. The molecule has 35 heavy (non-hydrogen) atoms. The molecule has 0 aliphatic rings. The third kappa shape index (κ3) is 8.59. The van der Waals surface area contributed by atoms with Gasteiger partial charge in [-0.05, 0) is 55.5 Å². The summed E-state index contributed by atoms with van der Waals surface area (Å²) in [5, 5.41) is 10.5. The summed E-state index contributed by atoms with van der Waals surface area (Å²) in [5.41, 5.74) is -0.223. The van der Waals surface area contributed by atoms with E-state index in [1.165, 1.54) is 13.2 Å². The second kappa shape index (κ2) is 13.9. The minimum absolute atomic E-state index is 0.174.